The predicted octanol–water partition coefficient (Wildman–Crippen LogP) is 2.64. The number of nitrogens with zero attached hydrogens (tertiary/aromatic N) is 2. The molecule has 0 unspecified atom stereocenters. The van der Waals surface area contributed by atoms with Crippen LogP contribution in [0.4, 0.5) is 0 Å². The molecule has 0 spiro atoms. The Kier molecular flexibility index (Phi) is 1.94. The summed E-state index contributed by atoms with van der Waals surface area (Å²) in [6.45, 7) is 0. The summed E-state index contributed by atoms with van der Waals surface area (Å²) in [6, 6.07) is 3.78. The number of fused-ring (bicyclic) bond motifs is 1. The van der Waals surface area contributed by atoms with Gasteiger partial charge in [-0.25, -0.2) is 4.98 Å². The van der Waals surface area contributed by atoms with Crippen LogP contribution in [0.25, 0.3) is 10.1 Å². The Labute approximate surface area is 86.4 Å². The first-order valence-electron chi connectivity index (χ1n) is 3.39. The Balaban J connectivity index is 2.94. The van der Waals surface area contributed by atoms with Crippen LogP contribution in [0.15, 0.2) is 16.0 Å². The molecule has 0 amide bonds. The Bertz CT molecular complexity index is 515. The van der Waals surface area contributed by atoms with Gasteiger partial charge in [-0.3, -0.25) is 0 Å². The van der Waals surface area contributed by atoms with Crippen LogP contribution in [0.1, 0.15) is 5.56 Å². The highest BCUT2D eigenvalue weighted by Crippen LogP contribution is 2.35. The van der Waals surface area contributed by atoms with Crippen LogP contribution in [0.2, 0.25) is 0 Å². The topological polar surface area (TPSA) is 56.9 Å². The van der Waals surface area contributed by atoms with Crippen LogP contribution in [0.5, 0.6) is 5.88 Å². The molecule has 0 aliphatic rings. The molecule has 0 radical (unpaired) electrons. The smallest absolute Gasteiger partial charge is 0.219 e. The minimum Gasteiger partial charge on any atom is -0.493 e. The summed E-state index contributed by atoms with van der Waals surface area (Å²) < 4.78 is 1.64. The fourth-order valence-corrected chi connectivity index (χ4v) is 2.62. The molecule has 2 heterocycles. The van der Waals surface area contributed by atoms with Crippen molar-refractivity contribution in [2.75, 3.05) is 0 Å². The van der Waals surface area contributed by atoms with Crippen molar-refractivity contribution in [2.24, 2.45) is 0 Å². The van der Waals surface area contributed by atoms with Crippen LogP contribution >= 0.6 is 27.3 Å². The summed E-state index contributed by atoms with van der Waals surface area (Å²) in [4.78, 5) is 3.71. The first-order valence-corrected chi connectivity index (χ1v) is 5.00. The number of aromatic hydroxyl groups is 1. The Morgan fingerprint density at radius 2 is 2.38 bits per heavy atom. The van der Waals surface area contributed by atoms with Gasteiger partial charge < -0.3 is 5.11 Å². The maximum absolute atomic E-state index is 9.37. The van der Waals surface area contributed by atoms with E-state index in [9.17, 15) is 5.11 Å². The standard InChI is InChI=1S/C8H3BrN2OS/c9-6-1-5-7(13-6)4(2-10)3-11-8(5)12/h1,3H,(H,11,12). The van der Waals surface area contributed by atoms with Crippen molar-refractivity contribution >= 4 is 37.4 Å². The van der Waals surface area contributed by atoms with Gasteiger partial charge in [-0.05, 0) is 22.0 Å². The first kappa shape index (κ1) is 8.48. The van der Waals surface area contributed by atoms with E-state index in [0.717, 1.165) is 8.49 Å². The highest BCUT2D eigenvalue weighted by atomic mass is 79.9. The lowest BCUT2D eigenvalue weighted by molar-refractivity contribution is 0.460. The quantitative estimate of drug-likeness (QED) is 0.787. The van der Waals surface area contributed by atoms with Gasteiger partial charge in [0.1, 0.15) is 6.07 Å². The zero-order valence-electron chi connectivity index (χ0n) is 6.28. The fourth-order valence-electron chi connectivity index (χ4n) is 1.06. The van der Waals surface area contributed by atoms with Gasteiger partial charge in [0.25, 0.3) is 0 Å². The zero-order chi connectivity index (χ0) is 9.42. The fraction of sp³-hybridized carbons (Fsp3) is 0. The van der Waals surface area contributed by atoms with Crippen molar-refractivity contribution in [1.82, 2.24) is 4.98 Å². The molecule has 3 nitrogen and oxygen atoms in total. The van der Waals surface area contributed by atoms with Crippen molar-refractivity contribution < 1.29 is 5.11 Å². The van der Waals surface area contributed by atoms with E-state index in [0.29, 0.717) is 10.9 Å². The molecule has 0 saturated carbocycles. The van der Waals surface area contributed by atoms with E-state index in [4.69, 9.17) is 5.26 Å². The lowest BCUT2D eigenvalue weighted by atomic mass is 10.2. The van der Waals surface area contributed by atoms with E-state index >= 15 is 0 Å². The van der Waals surface area contributed by atoms with Gasteiger partial charge in [0, 0.05) is 0 Å². The summed E-state index contributed by atoms with van der Waals surface area (Å²) in [6.07, 6.45) is 1.38. The normalized spacial score (nSPS) is 10.2. The van der Waals surface area contributed by atoms with Crippen molar-refractivity contribution in [3.8, 4) is 11.9 Å². The van der Waals surface area contributed by atoms with E-state index in [1.165, 1.54) is 17.5 Å². The average Bonchev–Trinajstić information content (AvgIpc) is 2.48. The van der Waals surface area contributed by atoms with Gasteiger partial charge in [-0.2, -0.15) is 5.26 Å². The zero-order valence-corrected chi connectivity index (χ0v) is 8.69. The summed E-state index contributed by atoms with van der Waals surface area (Å²) in [7, 11) is 0. The number of rotatable bonds is 0. The molecule has 0 atom stereocenters. The minimum atomic E-state index is -0.0315. The molecule has 0 aromatic carbocycles. The predicted molar refractivity (Wildman–Crippen MR) is 53.7 cm³/mol. The van der Waals surface area contributed by atoms with Gasteiger partial charge in [0.2, 0.25) is 5.88 Å². The van der Waals surface area contributed by atoms with Crippen molar-refractivity contribution in [1.29, 1.82) is 5.26 Å². The molecule has 1 N–H and O–H groups in total. The summed E-state index contributed by atoms with van der Waals surface area (Å²) in [5.74, 6) is -0.0315. The van der Waals surface area contributed by atoms with Crippen LogP contribution in [-0.2, 0) is 0 Å². The molecule has 0 bridgehead atoms. The van der Waals surface area contributed by atoms with E-state index < -0.39 is 0 Å². The van der Waals surface area contributed by atoms with E-state index in [1.54, 1.807) is 6.07 Å². The number of hydrogen-bond acceptors (Lipinski definition) is 4. The molecule has 2 aromatic rings. The molecule has 5 heteroatoms. The molecular formula is C8H3BrN2OS. The van der Waals surface area contributed by atoms with Gasteiger partial charge in [0.05, 0.1) is 25.6 Å². The summed E-state index contributed by atoms with van der Waals surface area (Å²) in [5, 5.41) is 18.7. The van der Waals surface area contributed by atoms with Gasteiger partial charge in [-0.1, -0.05) is 0 Å². The molecule has 0 aliphatic carbocycles. The third-order valence-electron chi connectivity index (χ3n) is 1.62. The molecular weight excluding hydrogens is 252 g/mol. The van der Waals surface area contributed by atoms with Gasteiger partial charge in [-0.15, -0.1) is 11.3 Å². The molecule has 2 aromatic heterocycles. The highest BCUT2D eigenvalue weighted by molar-refractivity contribution is 9.11. The number of aromatic nitrogens is 1. The van der Waals surface area contributed by atoms with Crippen LogP contribution < -0.4 is 0 Å². The van der Waals surface area contributed by atoms with E-state index in [-0.39, 0.29) is 5.88 Å². The molecule has 0 fully saturated rings. The first-order chi connectivity index (χ1) is 6.22. The van der Waals surface area contributed by atoms with Gasteiger partial charge in [0.15, 0.2) is 0 Å². The maximum atomic E-state index is 9.37. The third kappa shape index (κ3) is 1.28. The Morgan fingerprint density at radius 1 is 1.62 bits per heavy atom. The SMILES string of the molecule is N#Cc1cnc(O)c2cc(Br)sc12. The van der Waals surface area contributed by atoms with E-state index in [2.05, 4.69) is 20.9 Å². The van der Waals surface area contributed by atoms with E-state index in [1.807, 2.05) is 6.07 Å². The average molecular weight is 255 g/mol. The van der Waals surface area contributed by atoms with Gasteiger partial charge >= 0.3 is 0 Å². The number of hydrogen-bond donors (Lipinski definition) is 1. The maximum Gasteiger partial charge on any atom is 0.219 e. The second-order valence-corrected chi connectivity index (χ2v) is 4.83. The molecule has 0 aliphatic heterocycles. The number of pyridine rings is 1. The summed E-state index contributed by atoms with van der Waals surface area (Å²) in [5.41, 5.74) is 0.489. The summed E-state index contributed by atoms with van der Waals surface area (Å²) >= 11 is 4.70. The molecule has 64 valence electrons. The Hall–Kier alpha value is -1.12. The van der Waals surface area contributed by atoms with Crippen LogP contribution in [-0.4, -0.2) is 10.1 Å². The van der Waals surface area contributed by atoms with Crippen LogP contribution in [0.3, 0.4) is 0 Å². The number of thiophene rings is 1. The second-order valence-electron chi connectivity index (χ2n) is 2.40. The lowest BCUT2D eigenvalue weighted by Crippen LogP contribution is -1.79. The van der Waals surface area contributed by atoms with Crippen molar-refractivity contribution in [2.45, 2.75) is 0 Å². The Morgan fingerprint density at radius 3 is 3.08 bits per heavy atom. The van der Waals surface area contributed by atoms with Crippen molar-refractivity contribution in [3.63, 3.8) is 0 Å². The molecule has 0 saturated heterocycles. The molecule has 13 heavy (non-hydrogen) atoms. The largest absolute Gasteiger partial charge is 0.493 e. The van der Waals surface area contributed by atoms with Crippen molar-refractivity contribution in [3.05, 3.63) is 21.6 Å². The minimum absolute atomic E-state index is 0.0315. The second kappa shape index (κ2) is 2.98. The number of halogens is 1. The lowest BCUT2D eigenvalue weighted by Gasteiger charge is -1.93. The highest BCUT2D eigenvalue weighted by Gasteiger charge is 2.09. The van der Waals surface area contributed by atoms with Crippen LogP contribution in [0, 0.1) is 11.3 Å². The number of nitriles is 1. The monoisotopic (exact) mass is 254 g/mol. The molecule has 2 rings (SSSR count). The third-order valence-corrected chi connectivity index (χ3v) is 3.30.